The molecule has 72 valence electrons. The van der Waals surface area contributed by atoms with Gasteiger partial charge in [-0.2, -0.15) is 0 Å². The lowest BCUT2D eigenvalue weighted by atomic mass is 10.2. The van der Waals surface area contributed by atoms with Crippen LogP contribution in [0.25, 0.3) is 0 Å². The fraction of sp³-hybridized carbons (Fsp3) is 0.556. The zero-order chi connectivity index (χ0) is 9.10. The Balaban J connectivity index is 1.79. The number of hydrogen-bond donors (Lipinski definition) is 2. The number of hydrogen-bond acceptors (Lipinski definition) is 4. The van der Waals surface area contributed by atoms with Crippen LogP contribution in [0.1, 0.15) is 11.5 Å². The van der Waals surface area contributed by atoms with E-state index in [4.69, 9.17) is 14.3 Å². The summed E-state index contributed by atoms with van der Waals surface area (Å²) in [4.78, 5) is 0. The molecule has 13 heavy (non-hydrogen) atoms. The first-order chi connectivity index (χ1) is 6.38. The van der Waals surface area contributed by atoms with Gasteiger partial charge in [0.2, 0.25) is 0 Å². The summed E-state index contributed by atoms with van der Waals surface area (Å²) in [6.07, 6.45) is 0. The molecule has 0 amide bonds. The molecule has 0 spiro atoms. The quantitative estimate of drug-likeness (QED) is 0.703. The van der Waals surface area contributed by atoms with Crippen LogP contribution in [0.5, 0.6) is 0 Å². The van der Waals surface area contributed by atoms with Crippen molar-refractivity contribution in [2.75, 3.05) is 13.2 Å². The zero-order valence-electron chi connectivity index (χ0n) is 7.32. The molecule has 0 aliphatic carbocycles. The van der Waals surface area contributed by atoms with Crippen molar-refractivity contribution in [2.24, 2.45) is 0 Å². The Bertz CT molecular complexity index is 268. The minimum atomic E-state index is -0.0352. The SMILES string of the molecule is OCc1ccc(CNC2COC2)o1. The van der Waals surface area contributed by atoms with E-state index in [0.29, 0.717) is 18.3 Å². The highest BCUT2D eigenvalue weighted by molar-refractivity contribution is 5.06. The number of aliphatic hydroxyl groups excluding tert-OH is 1. The number of rotatable bonds is 4. The summed E-state index contributed by atoms with van der Waals surface area (Å²) in [7, 11) is 0. The lowest BCUT2D eigenvalue weighted by Gasteiger charge is -2.26. The standard InChI is InChI=1S/C9H13NO3/c11-4-9-2-1-8(13-9)3-10-7-5-12-6-7/h1-2,7,10-11H,3-6H2. The van der Waals surface area contributed by atoms with Crippen molar-refractivity contribution >= 4 is 0 Å². The molecule has 1 saturated heterocycles. The van der Waals surface area contributed by atoms with Gasteiger partial charge in [0.1, 0.15) is 18.1 Å². The predicted molar refractivity (Wildman–Crippen MR) is 46.1 cm³/mol. The molecule has 0 saturated carbocycles. The van der Waals surface area contributed by atoms with E-state index in [1.54, 1.807) is 6.07 Å². The summed E-state index contributed by atoms with van der Waals surface area (Å²) < 4.78 is 10.3. The van der Waals surface area contributed by atoms with E-state index in [1.807, 2.05) is 6.07 Å². The van der Waals surface area contributed by atoms with Crippen LogP contribution in [0.3, 0.4) is 0 Å². The summed E-state index contributed by atoms with van der Waals surface area (Å²) in [6, 6.07) is 4.12. The second-order valence-corrected chi connectivity index (χ2v) is 3.14. The average molecular weight is 183 g/mol. The molecule has 1 aliphatic rings. The van der Waals surface area contributed by atoms with Gasteiger partial charge in [0.25, 0.3) is 0 Å². The number of ether oxygens (including phenoxy) is 1. The third-order valence-electron chi connectivity index (χ3n) is 2.08. The van der Waals surface area contributed by atoms with E-state index in [1.165, 1.54) is 0 Å². The molecule has 0 atom stereocenters. The fourth-order valence-corrected chi connectivity index (χ4v) is 1.20. The van der Waals surface area contributed by atoms with Gasteiger partial charge in [-0.15, -0.1) is 0 Å². The summed E-state index contributed by atoms with van der Waals surface area (Å²) in [5.74, 6) is 1.47. The van der Waals surface area contributed by atoms with Gasteiger partial charge in [-0.1, -0.05) is 0 Å². The maximum absolute atomic E-state index is 8.75. The van der Waals surface area contributed by atoms with Crippen LogP contribution in [0.4, 0.5) is 0 Å². The Morgan fingerprint density at radius 3 is 2.69 bits per heavy atom. The topological polar surface area (TPSA) is 54.6 Å². The van der Waals surface area contributed by atoms with Crippen molar-refractivity contribution in [1.82, 2.24) is 5.32 Å². The molecule has 0 aromatic carbocycles. The van der Waals surface area contributed by atoms with Crippen LogP contribution in [0, 0.1) is 0 Å². The maximum Gasteiger partial charge on any atom is 0.129 e. The highest BCUT2D eigenvalue weighted by Crippen LogP contribution is 2.08. The van der Waals surface area contributed by atoms with Crippen LogP contribution in [-0.2, 0) is 17.9 Å². The van der Waals surface area contributed by atoms with E-state index in [9.17, 15) is 0 Å². The molecule has 0 bridgehead atoms. The second-order valence-electron chi connectivity index (χ2n) is 3.14. The van der Waals surface area contributed by atoms with Gasteiger partial charge < -0.3 is 19.6 Å². The second kappa shape index (κ2) is 3.91. The lowest BCUT2D eigenvalue weighted by Crippen LogP contribution is -2.45. The Morgan fingerprint density at radius 1 is 1.38 bits per heavy atom. The molecule has 1 fully saturated rings. The minimum absolute atomic E-state index is 0.0352. The van der Waals surface area contributed by atoms with Crippen LogP contribution in [0.15, 0.2) is 16.5 Å². The minimum Gasteiger partial charge on any atom is -0.462 e. The molecule has 0 unspecified atom stereocenters. The Labute approximate surface area is 76.5 Å². The molecule has 4 heteroatoms. The number of aliphatic hydroxyl groups is 1. The molecule has 1 aliphatic heterocycles. The predicted octanol–water partition coefficient (Wildman–Crippen LogP) is 0.260. The Kier molecular flexibility index (Phi) is 2.63. The van der Waals surface area contributed by atoms with Gasteiger partial charge in [0.05, 0.1) is 25.8 Å². The molecular weight excluding hydrogens is 170 g/mol. The first-order valence-corrected chi connectivity index (χ1v) is 4.38. The van der Waals surface area contributed by atoms with Crippen molar-refractivity contribution < 1.29 is 14.3 Å². The zero-order valence-corrected chi connectivity index (χ0v) is 7.32. The monoisotopic (exact) mass is 183 g/mol. The third kappa shape index (κ3) is 2.09. The third-order valence-corrected chi connectivity index (χ3v) is 2.08. The summed E-state index contributed by atoms with van der Waals surface area (Å²) in [5.41, 5.74) is 0. The van der Waals surface area contributed by atoms with Gasteiger partial charge in [-0.3, -0.25) is 0 Å². The van der Waals surface area contributed by atoms with Gasteiger partial charge in [0.15, 0.2) is 0 Å². The van der Waals surface area contributed by atoms with Crippen molar-refractivity contribution in [3.05, 3.63) is 23.7 Å². The first kappa shape index (κ1) is 8.74. The van der Waals surface area contributed by atoms with Gasteiger partial charge >= 0.3 is 0 Å². The Morgan fingerprint density at radius 2 is 2.15 bits per heavy atom. The first-order valence-electron chi connectivity index (χ1n) is 4.38. The molecule has 1 aromatic rings. The van der Waals surface area contributed by atoms with E-state index >= 15 is 0 Å². The van der Waals surface area contributed by atoms with E-state index in [-0.39, 0.29) is 6.61 Å². The number of nitrogens with one attached hydrogen (secondary N) is 1. The summed E-state index contributed by atoms with van der Waals surface area (Å²) in [6.45, 7) is 2.24. The Hall–Kier alpha value is -0.840. The van der Waals surface area contributed by atoms with Gasteiger partial charge in [-0.05, 0) is 12.1 Å². The van der Waals surface area contributed by atoms with Crippen LogP contribution < -0.4 is 5.32 Å². The van der Waals surface area contributed by atoms with Gasteiger partial charge in [0, 0.05) is 0 Å². The summed E-state index contributed by atoms with van der Waals surface area (Å²) in [5, 5.41) is 12.0. The molecule has 2 heterocycles. The largest absolute Gasteiger partial charge is 0.462 e. The normalized spacial score (nSPS) is 17.3. The van der Waals surface area contributed by atoms with Crippen LogP contribution in [0.2, 0.25) is 0 Å². The van der Waals surface area contributed by atoms with Gasteiger partial charge in [-0.25, -0.2) is 0 Å². The van der Waals surface area contributed by atoms with Crippen LogP contribution in [-0.4, -0.2) is 24.4 Å². The van der Waals surface area contributed by atoms with E-state index < -0.39 is 0 Å². The highest BCUT2D eigenvalue weighted by Gasteiger charge is 2.17. The molecule has 0 radical (unpaired) electrons. The molecular formula is C9H13NO3. The fourth-order valence-electron chi connectivity index (χ4n) is 1.20. The van der Waals surface area contributed by atoms with E-state index in [2.05, 4.69) is 5.32 Å². The molecule has 2 rings (SSSR count). The smallest absolute Gasteiger partial charge is 0.129 e. The molecule has 4 nitrogen and oxygen atoms in total. The average Bonchev–Trinajstić information content (AvgIpc) is 2.49. The van der Waals surface area contributed by atoms with Crippen molar-refractivity contribution in [2.45, 2.75) is 19.2 Å². The van der Waals surface area contributed by atoms with Crippen molar-refractivity contribution in [3.8, 4) is 0 Å². The number of furan rings is 1. The van der Waals surface area contributed by atoms with Crippen molar-refractivity contribution in [1.29, 1.82) is 0 Å². The molecule has 1 aromatic heterocycles. The van der Waals surface area contributed by atoms with Crippen molar-refractivity contribution in [3.63, 3.8) is 0 Å². The van der Waals surface area contributed by atoms with E-state index in [0.717, 1.165) is 19.0 Å². The maximum atomic E-state index is 8.75. The highest BCUT2D eigenvalue weighted by atomic mass is 16.5. The molecule has 2 N–H and O–H groups in total. The summed E-state index contributed by atoms with van der Waals surface area (Å²) >= 11 is 0. The lowest BCUT2D eigenvalue weighted by molar-refractivity contribution is -0.00648. The van der Waals surface area contributed by atoms with Crippen LogP contribution >= 0.6 is 0 Å².